The highest BCUT2D eigenvalue weighted by atomic mass is 19.4. The first kappa shape index (κ1) is 14.0. The van der Waals surface area contributed by atoms with Crippen molar-refractivity contribution in [3.8, 4) is 0 Å². The van der Waals surface area contributed by atoms with Gasteiger partial charge in [-0.15, -0.1) is 0 Å². The molecule has 0 saturated heterocycles. The highest BCUT2D eigenvalue weighted by Crippen LogP contribution is 2.22. The van der Waals surface area contributed by atoms with Gasteiger partial charge in [0.15, 0.2) is 0 Å². The molecule has 98 valence electrons. The molecular formula is C11H18F3N3. The van der Waals surface area contributed by atoms with Crippen molar-refractivity contribution in [3.05, 3.63) is 18.2 Å². The number of nitrogens with zero attached hydrogens (tertiary/aromatic N) is 2. The van der Waals surface area contributed by atoms with Crippen molar-refractivity contribution in [2.75, 3.05) is 0 Å². The van der Waals surface area contributed by atoms with Gasteiger partial charge in [-0.05, 0) is 12.8 Å². The first-order chi connectivity index (χ1) is 7.92. The number of aromatic nitrogens is 2. The van der Waals surface area contributed by atoms with E-state index in [4.69, 9.17) is 5.73 Å². The zero-order valence-electron chi connectivity index (χ0n) is 9.87. The van der Waals surface area contributed by atoms with Gasteiger partial charge >= 0.3 is 6.18 Å². The fourth-order valence-electron chi connectivity index (χ4n) is 1.66. The first-order valence-electron chi connectivity index (χ1n) is 5.74. The third-order valence-corrected chi connectivity index (χ3v) is 2.51. The van der Waals surface area contributed by atoms with Gasteiger partial charge in [0.2, 0.25) is 0 Å². The second-order valence-electron chi connectivity index (χ2n) is 4.15. The third kappa shape index (κ3) is 5.21. The minimum Gasteiger partial charge on any atom is -0.335 e. The molecule has 3 nitrogen and oxygen atoms in total. The highest BCUT2D eigenvalue weighted by Gasteiger charge is 2.27. The van der Waals surface area contributed by atoms with Crippen LogP contribution in [0.2, 0.25) is 0 Å². The van der Waals surface area contributed by atoms with Gasteiger partial charge in [0.25, 0.3) is 0 Å². The van der Waals surface area contributed by atoms with E-state index in [1.807, 2.05) is 17.7 Å². The number of halogens is 3. The minimum atomic E-state index is -4.13. The van der Waals surface area contributed by atoms with Crippen LogP contribution in [-0.2, 0) is 13.0 Å². The van der Waals surface area contributed by atoms with Crippen LogP contribution in [0.1, 0.15) is 32.0 Å². The predicted molar refractivity (Wildman–Crippen MR) is 59.5 cm³/mol. The molecule has 1 unspecified atom stereocenters. The Hall–Kier alpha value is -1.04. The molecule has 0 fully saturated rings. The lowest BCUT2D eigenvalue weighted by molar-refractivity contribution is -0.136. The van der Waals surface area contributed by atoms with Crippen LogP contribution < -0.4 is 5.73 Å². The normalized spacial score (nSPS) is 13.9. The van der Waals surface area contributed by atoms with Crippen LogP contribution in [0.4, 0.5) is 13.2 Å². The van der Waals surface area contributed by atoms with E-state index in [0.717, 1.165) is 18.8 Å². The molecule has 0 radical (unpaired) electrons. The lowest BCUT2D eigenvalue weighted by Gasteiger charge is -2.13. The van der Waals surface area contributed by atoms with Gasteiger partial charge in [-0.3, -0.25) is 0 Å². The van der Waals surface area contributed by atoms with Crippen molar-refractivity contribution in [2.45, 2.75) is 51.4 Å². The molecule has 1 rings (SSSR count). The molecule has 0 spiro atoms. The summed E-state index contributed by atoms with van der Waals surface area (Å²) in [6, 6.07) is -0.491. The second-order valence-corrected chi connectivity index (χ2v) is 4.15. The molecule has 17 heavy (non-hydrogen) atoms. The van der Waals surface area contributed by atoms with Crippen molar-refractivity contribution < 1.29 is 13.2 Å². The number of imidazole rings is 1. The summed E-state index contributed by atoms with van der Waals surface area (Å²) < 4.78 is 38.0. The largest absolute Gasteiger partial charge is 0.389 e. The second kappa shape index (κ2) is 6.05. The minimum absolute atomic E-state index is 0.0531. The van der Waals surface area contributed by atoms with Crippen LogP contribution in [0.3, 0.4) is 0 Å². The number of nitrogens with two attached hydrogens (primary N) is 1. The summed E-state index contributed by atoms with van der Waals surface area (Å²) in [4.78, 5) is 4.12. The van der Waals surface area contributed by atoms with Gasteiger partial charge in [0.05, 0.1) is 0 Å². The maximum Gasteiger partial charge on any atom is 0.389 e. The van der Waals surface area contributed by atoms with E-state index in [0.29, 0.717) is 6.42 Å². The fraction of sp³-hybridized carbons (Fsp3) is 0.727. The number of hydrogen-bond donors (Lipinski definition) is 1. The summed E-state index contributed by atoms with van der Waals surface area (Å²) in [7, 11) is 0. The quantitative estimate of drug-likeness (QED) is 0.841. The molecular weight excluding hydrogens is 231 g/mol. The molecule has 0 aliphatic carbocycles. The lowest BCUT2D eigenvalue weighted by atomic mass is 10.1. The van der Waals surface area contributed by atoms with Crippen molar-refractivity contribution in [1.29, 1.82) is 0 Å². The SMILES string of the molecule is CCCn1ccnc1CC(N)CCC(F)(F)F. The summed E-state index contributed by atoms with van der Waals surface area (Å²) >= 11 is 0. The van der Waals surface area contributed by atoms with Gasteiger partial charge in [-0.25, -0.2) is 4.98 Å². The molecule has 0 bridgehead atoms. The molecule has 0 aliphatic heterocycles. The third-order valence-electron chi connectivity index (χ3n) is 2.51. The standard InChI is InChI=1S/C11H18F3N3/c1-2-6-17-7-5-16-10(17)8-9(15)3-4-11(12,13)14/h5,7,9H,2-4,6,8,15H2,1H3. The Morgan fingerprint density at radius 1 is 1.47 bits per heavy atom. The van der Waals surface area contributed by atoms with Crippen LogP contribution in [0.25, 0.3) is 0 Å². The van der Waals surface area contributed by atoms with Crippen molar-refractivity contribution >= 4 is 0 Å². The molecule has 0 saturated carbocycles. The molecule has 6 heteroatoms. The number of alkyl halides is 3. The zero-order valence-corrected chi connectivity index (χ0v) is 9.87. The van der Waals surface area contributed by atoms with Crippen LogP contribution in [-0.4, -0.2) is 21.8 Å². The lowest BCUT2D eigenvalue weighted by Crippen LogP contribution is -2.26. The average Bonchev–Trinajstić information content (AvgIpc) is 2.63. The maximum absolute atomic E-state index is 12.0. The zero-order chi connectivity index (χ0) is 12.9. The highest BCUT2D eigenvalue weighted by molar-refractivity contribution is 4.95. The van der Waals surface area contributed by atoms with Gasteiger partial charge in [-0.2, -0.15) is 13.2 Å². The fourth-order valence-corrected chi connectivity index (χ4v) is 1.66. The maximum atomic E-state index is 12.0. The van der Waals surface area contributed by atoms with Crippen LogP contribution in [0.15, 0.2) is 12.4 Å². The van der Waals surface area contributed by atoms with Gasteiger partial charge in [0.1, 0.15) is 5.82 Å². The van der Waals surface area contributed by atoms with Gasteiger partial charge in [-0.1, -0.05) is 6.92 Å². The summed E-state index contributed by atoms with van der Waals surface area (Å²) in [6.07, 6.45) is -0.178. The van der Waals surface area contributed by atoms with Gasteiger partial charge in [0, 0.05) is 37.8 Å². The van der Waals surface area contributed by atoms with E-state index in [1.54, 1.807) is 6.20 Å². The smallest absolute Gasteiger partial charge is 0.335 e. The number of aryl methyl sites for hydroxylation is 1. The van der Waals surface area contributed by atoms with Crippen molar-refractivity contribution in [3.63, 3.8) is 0 Å². The molecule has 1 heterocycles. The molecule has 1 atom stereocenters. The Balaban J connectivity index is 2.44. The Kier molecular flexibility index (Phi) is 4.99. The number of rotatable bonds is 6. The monoisotopic (exact) mass is 249 g/mol. The number of hydrogen-bond acceptors (Lipinski definition) is 2. The van der Waals surface area contributed by atoms with Crippen LogP contribution >= 0.6 is 0 Å². The van der Waals surface area contributed by atoms with E-state index >= 15 is 0 Å². The van der Waals surface area contributed by atoms with Gasteiger partial charge < -0.3 is 10.3 Å². The van der Waals surface area contributed by atoms with E-state index < -0.39 is 18.6 Å². The predicted octanol–water partition coefficient (Wildman–Crippen LogP) is 2.51. The van der Waals surface area contributed by atoms with Crippen LogP contribution in [0.5, 0.6) is 0 Å². The van der Waals surface area contributed by atoms with Crippen LogP contribution in [0, 0.1) is 0 Å². The summed E-state index contributed by atoms with van der Waals surface area (Å²) in [5.41, 5.74) is 5.68. The van der Waals surface area contributed by atoms with Crippen molar-refractivity contribution in [2.24, 2.45) is 5.73 Å². The molecule has 2 N–H and O–H groups in total. The van der Waals surface area contributed by atoms with E-state index in [2.05, 4.69) is 4.98 Å². The molecule has 0 amide bonds. The molecule has 1 aromatic heterocycles. The molecule has 0 aromatic carbocycles. The Bertz CT molecular complexity index is 333. The Morgan fingerprint density at radius 2 is 2.18 bits per heavy atom. The van der Waals surface area contributed by atoms with E-state index in [-0.39, 0.29) is 6.42 Å². The summed E-state index contributed by atoms with van der Waals surface area (Å²) in [6.45, 7) is 2.86. The summed E-state index contributed by atoms with van der Waals surface area (Å²) in [5, 5.41) is 0. The molecule has 0 aliphatic rings. The Morgan fingerprint density at radius 3 is 2.76 bits per heavy atom. The first-order valence-corrected chi connectivity index (χ1v) is 5.74. The average molecular weight is 249 g/mol. The Labute approximate surface area is 98.8 Å². The van der Waals surface area contributed by atoms with E-state index in [9.17, 15) is 13.2 Å². The topological polar surface area (TPSA) is 43.8 Å². The van der Waals surface area contributed by atoms with E-state index in [1.165, 1.54) is 0 Å². The summed E-state index contributed by atoms with van der Waals surface area (Å²) in [5.74, 6) is 0.765. The van der Waals surface area contributed by atoms with Crippen molar-refractivity contribution in [1.82, 2.24) is 9.55 Å². The molecule has 1 aromatic rings.